The largest absolute Gasteiger partial charge is 0.446 e. The number of aromatic nitrogens is 1. The molecular formula is C31H38ClN5O3. The third-order valence-electron chi connectivity index (χ3n) is 8.96. The second-order valence-electron chi connectivity index (χ2n) is 11.6. The second kappa shape index (κ2) is 12.5. The predicted octanol–water partition coefficient (Wildman–Crippen LogP) is 5.46. The van der Waals surface area contributed by atoms with Crippen LogP contribution in [0.15, 0.2) is 42.6 Å². The molecule has 1 aromatic heterocycles. The fourth-order valence-electron chi connectivity index (χ4n) is 6.36. The topological polar surface area (TPSA) is 89.8 Å². The molecule has 0 radical (unpaired) electrons. The van der Waals surface area contributed by atoms with E-state index in [0.29, 0.717) is 29.6 Å². The van der Waals surface area contributed by atoms with E-state index in [0.717, 1.165) is 63.0 Å². The normalized spacial score (nSPS) is 25.4. The zero-order chi connectivity index (χ0) is 28.2. The first-order chi connectivity index (χ1) is 19.3. The molecule has 3 heterocycles. The van der Waals surface area contributed by atoms with Gasteiger partial charge in [-0.15, -0.1) is 0 Å². The number of hydrogen-bond acceptors (Lipinski definition) is 6. The Morgan fingerprint density at radius 3 is 2.35 bits per heavy atom. The highest BCUT2D eigenvalue weighted by Gasteiger charge is 2.42. The first-order valence-electron chi connectivity index (χ1n) is 14.4. The summed E-state index contributed by atoms with van der Waals surface area (Å²) in [6, 6.07) is 13.3. The van der Waals surface area contributed by atoms with Gasteiger partial charge in [0.05, 0.1) is 11.6 Å². The molecule has 0 bridgehead atoms. The number of amides is 2. The third kappa shape index (κ3) is 6.36. The molecule has 1 saturated carbocycles. The van der Waals surface area contributed by atoms with Crippen LogP contribution in [0, 0.1) is 23.2 Å². The van der Waals surface area contributed by atoms with Gasteiger partial charge in [-0.1, -0.05) is 30.7 Å². The number of piperidine rings is 1. The van der Waals surface area contributed by atoms with Crippen molar-refractivity contribution in [3.05, 3.63) is 58.7 Å². The average Bonchev–Trinajstić information content (AvgIpc) is 3.43. The van der Waals surface area contributed by atoms with Crippen LogP contribution in [0.2, 0.25) is 5.02 Å². The minimum absolute atomic E-state index is 0.0203. The van der Waals surface area contributed by atoms with Gasteiger partial charge in [0.25, 0.3) is 0 Å². The van der Waals surface area contributed by atoms with E-state index in [4.69, 9.17) is 21.6 Å². The van der Waals surface area contributed by atoms with Gasteiger partial charge < -0.3 is 19.4 Å². The van der Waals surface area contributed by atoms with Crippen LogP contribution in [0.1, 0.15) is 62.5 Å². The second-order valence-corrected chi connectivity index (χ2v) is 12.1. The zero-order valence-electron chi connectivity index (χ0n) is 23.3. The maximum absolute atomic E-state index is 13.7. The van der Waals surface area contributed by atoms with E-state index in [1.165, 1.54) is 0 Å². The maximum Gasteiger partial charge on any atom is 0.410 e. The molecule has 1 aliphatic carbocycles. The van der Waals surface area contributed by atoms with Crippen LogP contribution < -0.4 is 4.90 Å². The van der Waals surface area contributed by atoms with Gasteiger partial charge in [0.2, 0.25) is 5.91 Å². The number of halogens is 1. The van der Waals surface area contributed by atoms with E-state index in [-0.39, 0.29) is 36.0 Å². The number of hydrogen-bond donors (Lipinski definition) is 0. The number of benzene rings is 1. The van der Waals surface area contributed by atoms with E-state index in [2.05, 4.69) is 22.9 Å². The summed E-state index contributed by atoms with van der Waals surface area (Å²) >= 11 is 6.17. The highest BCUT2D eigenvalue weighted by molar-refractivity contribution is 6.30. The van der Waals surface area contributed by atoms with Gasteiger partial charge in [0, 0.05) is 56.3 Å². The molecule has 0 spiro atoms. The van der Waals surface area contributed by atoms with E-state index in [9.17, 15) is 9.59 Å². The van der Waals surface area contributed by atoms with Crippen molar-refractivity contribution in [2.45, 2.75) is 63.5 Å². The quantitative estimate of drug-likeness (QED) is 0.479. The Hall–Kier alpha value is -3.31. The summed E-state index contributed by atoms with van der Waals surface area (Å²) in [4.78, 5) is 37.2. The van der Waals surface area contributed by atoms with Crippen LogP contribution in [0.5, 0.6) is 0 Å². The summed E-state index contributed by atoms with van der Waals surface area (Å²) in [6.07, 6.45) is 6.72. The number of ether oxygens (including phenoxy) is 1. The molecular weight excluding hydrogens is 526 g/mol. The van der Waals surface area contributed by atoms with Crippen LogP contribution in [0.3, 0.4) is 0 Å². The lowest BCUT2D eigenvalue weighted by Gasteiger charge is -2.34. The van der Waals surface area contributed by atoms with Gasteiger partial charge in [-0.05, 0) is 74.3 Å². The highest BCUT2D eigenvalue weighted by Crippen LogP contribution is 2.35. The molecule has 212 valence electrons. The van der Waals surface area contributed by atoms with E-state index in [1.807, 2.05) is 35.2 Å². The van der Waals surface area contributed by atoms with Gasteiger partial charge in [0.1, 0.15) is 18.0 Å². The molecule has 0 N–H and O–H groups in total. The van der Waals surface area contributed by atoms with Crippen molar-refractivity contribution >= 4 is 29.4 Å². The first-order valence-corrected chi connectivity index (χ1v) is 14.8. The minimum Gasteiger partial charge on any atom is -0.446 e. The average molecular weight is 564 g/mol. The fourth-order valence-corrected chi connectivity index (χ4v) is 6.48. The standard InChI is InChI=1S/C31H38ClN5O3/c1-21-3-10-26(11-4-21)40-31(39)35(2)28-20-37(19-27(28)23-6-8-25(32)9-7-23)30(38)24-13-15-36(16-14-24)29-12-5-22(17-33)18-34-29/h5-9,12,18,21,24,26-28H,3-4,10-11,13-16,19-20H2,1-2H3. The number of carbonyl (C=O) groups excluding carboxylic acids is 2. The monoisotopic (exact) mass is 563 g/mol. The number of pyridine rings is 1. The number of likely N-dealkylation sites (N-methyl/N-ethyl adjacent to an activating group) is 1. The van der Waals surface area contributed by atoms with Gasteiger partial charge >= 0.3 is 6.09 Å². The molecule has 9 heteroatoms. The maximum atomic E-state index is 13.7. The molecule has 2 atom stereocenters. The van der Waals surface area contributed by atoms with Crippen molar-refractivity contribution in [2.75, 3.05) is 38.1 Å². The molecule has 5 rings (SSSR count). The summed E-state index contributed by atoms with van der Waals surface area (Å²) in [6.45, 7) is 4.76. The molecule has 3 aliphatic rings. The van der Waals surface area contributed by atoms with E-state index >= 15 is 0 Å². The van der Waals surface area contributed by atoms with Gasteiger partial charge in [-0.2, -0.15) is 5.26 Å². The molecule has 2 amide bonds. The van der Waals surface area contributed by atoms with Crippen molar-refractivity contribution in [1.29, 1.82) is 5.26 Å². The van der Waals surface area contributed by atoms with Crippen molar-refractivity contribution in [1.82, 2.24) is 14.8 Å². The SMILES string of the molecule is CC1CCC(OC(=O)N(C)C2CN(C(=O)C3CCN(c4ccc(C#N)cn4)CC3)CC2c2ccc(Cl)cc2)CC1. The summed E-state index contributed by atoms with van der Waals surface area (Å²) < 4.78 is 5.93. The molecule has 2 unspecified atom stereocenters. The number of rotatable bonds is 5. The third-order valence-corrected chi connectivity index (χ3v) is 9.21. The van der Waals surface area contributed by atoms with Crippen molar-refractivity contribution in [2.24, 2.45) is 11.8 Å². The molecule has 1 aromatic carbocycles. The molecule has 2 saturated heterocycles. The Labute approximate surface area is 241 Å². The number of anilines is 1. The summed E-state index contributed by atoms with van der Waals surface area (Å²) in [5.74, 6) is 1.58. The molecule has 2 aromatic rings. The van der Waals surface area contributed by atoms with Crippen LogP contribution in [-0.2, 0) is 9.53 Å². The van der Waals surface area contributed by atoms with Gasteiger partial charge in [-0.25, -0.2) is 9.78 Å². The Balaban J connectivity index is 1.24. The van der Waals surface area contributed by atoms with Gasteiger partial charge in [-0.3, -0.25) is 4.79 Å². The van der Waals surface area contributed by atoms with E-state index < -0.39 is 0 Å². The Morgan fingerprint density at radius 2 is 1.73 bits per heavy atom. The molecule has 2 aliphatic heterocycles. The fraction of sp³-hybridized carbons (Fsp3) is 0.548. The zero-order valence-corrected chi connectivity index (χ0v) is 24.1. The molecule has 3 fully saturated rings. The molecule has 40 heavy (non-hydrogen) atoms. The van der Waals surface area contributed by atoms with Crippen molar-refractivity contribution in [3.8, 4) is 6.07 Å². The Kier molecular flexibility index (Phi) is 8.80. The highest BCUT2D eigenvalue weighted by atomic mass is 35.5. The number of likely N-dealkylation sites (tertiary alicyclic amines) is 1. The first kappa shape index (κ1) is 28.2. The van der Waals surface area contributed by atoms with Crippen molar-refractivity contribution < 1.29 is 14.3 Å². The molecule has 8 nitrogen and oxygen atoms in total. The summed E-state index contributed by atoms with van der Waals surface area (Å²) in [5, 5.41) is 9.69. The van der Waals surface area contributed by atoms with Crippen LogP contribution in [-0.4, -0.2) is 72.2 Å². The smallest absolute Gasteiger partial charge is 0.410 e. The number of carbonyl (C=O) groups is 2. The Morgan fingerprint density at radius 1 is 1.02 bits per heavy atom. The van der Waals surface area contributed by atoms with Gasteiger partial charge in [0.15, 0.2) is 0 Å². The van der Waals surface area contributed by atoms with Crippen LogP contribution >= 0.6 is 11.6 Å². The minimum atomic E-state index is -0.305. The summed E-state index contributed by atoms with van der Waals surface area (Å²) in [7, 11) is 1.80. The lowest BCUT2D eigenvalue weighted by molar-refractivity contribution is -0.135. The number of nitrogens with zero attached hydrogens (tertiary/aromatic N) is 5. The van der Waals surface area contributed by atoms with Crippen molar-refractivity contribution in [3.63, 3.8) is 0 Å². The Bertz CT molecular complexity index is 1220. The van der Waals surface area contributed by atoms with Crippen LogP contribution in [0.4, 0.5) is 10.6 Å². The van der Waals surface area contributed by atoms with E-state index in [1.54, 1.807) is 24.2 Å². The number of nitriles is 1. The lowest BCUT2D eigenvalue weighted by Crippen LogP contribution is -2.45. The van der Waals surface area contributed by atoms with Crippen LogP contribution in [0.25, 0.3) is 0 Å². The summed E-state index contributed by atoms with van der Waals surface area (Å²) in [5.41, 5.74) is 1.60. The lowest BCUT2D eigenvalue weighted by atomic mass is 9.89. The predicted molar refractivity (Wildman–Crippen MR) is 154 cm³/mol.